The minimum Gasteiger partial charge on any atom is -0.465 e. The minimum atomic E-state index is -1.23. The summed E-state index contributed by atoms with van der Waals surface area (Å²) in [5.74, 6) is -1.53. The first kappa shape index (κ1) is 19.7. The van der Waals surface area contributed by atoms with Gasteiger partial charge in [-0.05, 0) is 18.8 Å². The van der Waals surface area contributed by atoms with E-state index in [1.807, 2.05) is 13.8 Å². The summed E-state index contributed by atoms with van der Waals surface area (Å²) in [4.78, 5) is 45.0. The molecule has 0 heterocycles. The van der Waals surface area contributed by atoms with Crippen LogP contribution in [0, 0.1) is 5.92 Å². The van der Waals surface area contributed by atoms with Crippen molar-refractivity contribution in [1.82, 2.24) is 16.0 Å². The molecule has 9 nitrogen and oxygen atoms in total. The molecule has 0 bridgehead atoms. The molecular weight excluding hydrogens is 292 g/mol. The molecule has 0 saturated carbocycles. The van der Waals surface area contributed by atoms with Crippen molar-refractivity contribution < 1.29 is 24.3 Å². The van der Waals surface area contributed by atoms with Crippen LogP contribution in [0.4, 0.5) is 4.79 Å². The summed E-state index contributed by atoms with van der Waals surface area (Å²) in [6, 6.07) is -1.78. The highest BCUT2D eigenvalue weighted by Crippen LogP contribution is 2.05. The maximum atomic E-state index is 12.1. The molecule has 2 unspecified atom stereocenters. The van der Waals surface area contributed by atoms with Gasteiger partial charge in [-0.15, -0.1) is 0 Å². The predicted molar refractivity (Wildman–Crippen MR) is 78.8 cm³/mol. The van der Waals surface area contributed by atoms with E-state index < -0.39 is 35.9 Å². The van der Waals surface area contributed by atoms with Gasteiger partial charge >= 0.3 is 6.09 Å². The van der Waals surface area contributed by atoms with E-state index in [2.05, 4.69) is 16.0 Å². The van der Waals surface area contributed by atoms with Crippen LogP contribution in [-0.4, -0.2) is 47.5 Å². The van der Waals surface area contributed by atoms with Crippen molar-refractivity contribution in [3.8, 4) is 0 Å². The summed E-state index contributed by atoms with van der Waals surface area (Å²) in [6.07, 6.45) is -0.789. The Bertz CT molecular complexity index is 425. The number of nitrogens with one attached hydrogen (secondary N) is 3. The Hall–Kier alpha value is -2.32. The number of hydrogen-bond donors (Lipinski definition) is 5. The standard InChI is InChI=1S/C13H24N4O5/c1-7(2)6-10(11(14)19)17-12(20)9(16-8(3)18)4-5-15-13(21)22/h7,9-10,15H,4-6H2,1-3H3,(H2,14,19)(H,16,18)(H,17,20)(H,21,22). The maximum Gasteiger partial charge on any atom is 0.404 e. The third-order valence-electron chi connectivity index (χ3n) is 2.77. The van der Waals surface area contributed by atoms with Gasteiger partial charge in [0, 0.05) is 13.5 Å². The Balaban J connectivity index is 4.73. The largest absolute Gasteiger partial charge is 0.465 e. The molecule has 0 aromatic heterocycles. The van der Waals surface area contributed by atoms with Crippen LogP contribution in [0.15, 0.2) is 0 Å². The molecular formula is C13H24N4O5. The number of carbonyl (C=O) groups excluding carboxylic acids is 3. The Labute approximate surface area is 129 Å². The summed E-state index contributed by atoms with van der Waals surface area (Å²) < 4.78 is 0. The second-order valence-corrected chi connectivity index (χ2v) is 5.37. The number of hydrogen-bond acceptors (Lipinski definition) is 4. The van der Waals surface area contributed by atoms with Crippen molar-refractivity contribution in [2.45, 2.75) is 45.7 Å². The van der Waals surface area contributed by atoms with Crippen LogP contribution >= 0.6 is 0 Å². The van der Waals surface area contributed by atoms with Gasteiger partial charge in [-0.3, -0.25) is 14.4 Å². The summed E-state index contributed by atoms with van der Waals surface area (Å²) in [7, 11) is 0. The maximum absolute atomic E-state index is 12.1. The zero-order valence-electron chi connectivity index (χ0n) is 13.0. The average Bonchev–Trinajstić information content (AvgIpc) is 2.35. The molecule has 0 aliphatic rings. The molecule has 0 aromatic rings. The van der Waals surface area contributed by atoms with Crippen molar-refractivity contribution in [3.63, 3.8) is 0 Å². The van der Waals surface area contributed by atoms with Gasteiger partial charge in [0.1, 0.15) is 12.1 Å². The molecule has 126 valence electrons. The SMILES string of the molecule is CC(=O)NC(CCNC(=O)O)C(=O)NC(CC(C)C)C(N)=O. The Morgan fingerprint density at radius 3 is 2.09 bits per heavy atom. The molecule has 0 rings (SSSR count). The van der Waals surface area contributed by atoms with Crippen LogP contribution in [0.2, 0.25) is 0 Å². The van der Waals surface area contributed by atoms with Gasteiger partial charge in [-0.2, -0.15) is 0 Å². The Morgan fingerprint density at radius 2 is 1.68 bits per heavy atom. The van der Waals surface area contributed by atoms with Crippen molar-refractivity contribution >= 4 is 23.8 Å². The van der Waals surface area contributed by atoms with E-state index in [1.54, 1.807) is 0 Å². The molecule has 0 saturated heterocycles. The van der Waals surface area contributed by atoms with Crippen molar-refractivity contribution in [1.29, 1.82) is 0 Å². The van der Waals surface area contributed by atoms with Gasteiger partial charge in [0.25, 0.3) is 0 Å². The molecule has 0 aliphatic carbocycles. The Kier molecular flexibility index (Phi) is 8.58. The van der Waals surface area contributed by atoms with Crippen molar-refractivity contribution in [2.75, 3.05) is 6.54 Å². The zero-order chi connectivity index (χ0) is 17.3. The monoisotopic (exact) mass is 316 g/mol. The zero-order valence-corrected chi connectivity index (χ0v) is 13.0. The summed E-state index contributed by atoms with van der Waals surface area (Å²) >= 11 is 0. The molecule has 0 aromatic carbocycles. The van der Waals surface area contributed by atoms with Gasteiger partial charge in [0.05, 0.1) is 0 Å². The minimum absolute atomic E-state index is 0.0148. The lowest BCUT2D eigenvalue weighted by molar-refractivity contribution is -0.131. The van der Waals surface area contributed by atoms with E-state index in [0.29, 0.717) is 6.42 Å². The van der Waals surface area contributed by atoms with Gasteiger partial charge in [0.15, 0.2) is 0 Å². The van der Waals surface area contributed by atoms with E-state index in [0.717, 1.165) is 0 Å². The van der Waals surface area contributed by atoms with Crippen LogP contribution in [0.3, 0.4) is 0 Å². The number of carboxylic acid groups (broad SMARTS) is 1. The quantitative estimate of drug-likeness (QED) is 0.376. The fourth-order valence-corrected chi connectivity index (χ4v) is 1.83. The third kappa shape index (κ3) is 8.77. The number of nitrogens with two attached hydrogens (primary N) is 1. The van der Waals surface area contributed by atoms with Gasteiger partial charge in [-0.1, -0.05) is 13.8 Å². The molecule has 2 atom stereocenters. The van der Waals surface area contributed by atoms with E-state index in [1.165, 1.54) is 6.92 Å². The molecule has 6 N–H and O–H groups in total. The lowest BCUT2D eigenvalue weighted by Crippen LogP contribution is -2.53. The second kappa shape index (κ2) is 9.59. The van der Waals surface area contributed by atoms with Crippen molar-refractivity contribution in [3.05, 3.63) is 0 Å². The van der Waals surface area contributed by atoms with Crippen LogP contribution < -0.4 is 21.7 Å². The van der Waals surface area contributed by atoms with Crippen LogP contribution in [0.5, 0.6) is 0 Å². The predicted octanol–water partition coefficient (Wildman–Crippen LogP) is -0.835. The van der Waals surface area contributed by atoms with Crippen LogP contribution in [0.1, 0.15) is 33.6 Å². The van der Waals surface area contributed by atoms with E-state index in [-0.39, 0.29) is 18.9 Å². The lowest BCUT2D eigenvalue weighted by Gasteiger charge is -2.22. The first-order valence-electron chi connectivity index (χ1n) is 6.97. The topological polar surface area (TPSA) is 151 Å². The summed E-state index contributed by atoms with van der Waals surface area (Å²) in [5, 5.41) is 15.5. The average molecular weight is 316 g/mol. The third-order valence-corrected chi connectivity index (χ3v) is 2.77. The van der Waals surface area contributed by atoms with Gasteiger partial charge in [0.2, 0.25) is 17.7 Å². The normalized spacial score (nSPS) is 13.1. The van der Waals surface area contributed by atoms with E-state index >= 15 is 0 Å². The first-order chi connectivity index (χ1) is 10.1. The number of primary amides is 1. The van der Waals surface area contributed by atoms with Gasteiger partial charge < -0.3 is 26.8 Å². The smallest absolute Gasteiger partial charge is 0.404 e. The fraction of sp³-hybridized carbons (Fsp3) is 0.692. The fourth-order valence-electron chi connectivity index (χ4n) is 1.83. The number of amides is 4. The highest BCUT2D eigenvalue weighted by atomic mass is 16.4. The van der Waals surface area contributed by atoms with E-state index in [9.17, 15) is 19.2 Å². The summed E-state index contributed by atoms with van der Waals surface area (Å²) in [5.41, 5.74) is 5.24. The Morgan fingerprint density at radius 1 is 1.09 bits per heavy atom. The van der Waals surface area contributed by atoms with Gasteiger partial charge in [-0.25, -0.2) is 4.79 Å². The highest BCUT2D eigenvalue weighted by molar-refractivity contribution is 5.91. The van der Waals surface area contributed by atoms with Crippen LogP contribution in [-0.2, 0) is 14.4 Å². The molecule has 4 amide bonds. The number of rotatable bonds is 9. The lowest BCUT2D eigenvalue weighted by atomic mass is 10.0. The van der Waals surface area contributed by atoms with Crippen LogP contribution in [0.25, 0.3) is 0 Å². The highest BCUT2D eigenvalue weighted by Gasteiger charge is 2.25. The molecule has 22 heavy (non-hydrogen) atoms. The van der Waals surface area contributed by atoms with Crippen molar-refractivity contribution in [2.24, 2.45) is 11.7 Å². The molecule has 0 fully saturated rings. The summed E-state index contributed by atoms with van der Waals surface area (Å²) in [6.45, 7) is 4.98. The molecule has 0 spiro atoms. The first-order valence-corrected chi connectivity index (χ1v) is 6.97. The molecule has 0 radical (unpaired) electrons. The number of carbonyl (C=O) groups is 4. The van der Waals surface area contributed by atoms with E-state index in [4.69, 9.17) is 10.8 Å². The molecule has 0 aliphatic heterocycles. The molecule has 9 heteroatoms. The second-order valence-electron chi connectivity index (χ2n) is 5.37.